The minimum atomic E-state index is 0. The Morgan fingerprint density at radius 2 is 2.00 bits per heavy atom. The van der Waals surface area contributed by atoms with Gasteiger partial charge in [-0.05, 0) is 32.7 Å². The van der Waals surface area contributed by atoms with Crippen LogP contribution in [0.3, 0.4) is 0 Å². The van der Waals surface area contributed by atoms with Crippen LogP contribution in [-0.2, 0) is 17.8 Å². The van der Waals surface area contributed by atoms with Crippen molar-refractivity contribution in [1.82, 2.24) is 20.0 Å². The molecule has 5 nitrogen and oxygen atoms in total. The molecule has 1 fully saturated rings. The van der Waals surface area contributed by atoms with E-state index < -0.39 is 0 Å². The molecule has 1 amide bonds. The summed E-state index contributed by atoms with van der Waals surface area (Å²) in [5.41, 5.74) is 3.25. The lowest BCUT2D eigenvalue weighted by molar-refractivity contribution is -0.130. The standard InChI is InChI=1S/C16H28N4O.ClH/c1-12(2)11-20-14(4)15(13(3)18-20)10-16(21)19-8-5-6-17-7-9-19;/h12,17H,5-11H2,1-4H3;1H. The van der Waals surface area contributed by atoms with Gasteiger partial charge in [0.2, 0.25) is 5.91 Å². The number of rotatable bonds is 4. The van der Waals surface area contributed by atoms with E-state index in [0.717, 1.165) is 56.1 Å². The van der Waals surface area contributed by atoms with E-state index >= 15 is 0 Å². The predicted molar refractivity (Wildman–Crippen MR) is 91.6 cm³/mol. The molecule has 0 saturated carbocycles. The Balaban J connectivity index is 0.00000242. The number of amides is 1. The zero-order valence-electron chi connectivity index (χ0n) is 14.2. The Kier molecular flexibility index (Phi) is 7.36. The maximum atomic E-state index is 12.5. The average Bonchev–Trinajstić information content (AvgIpc) is 2.66. The Labute approximate surface area is 139 Å². The van der Waals surface area contributed by atoms with Crippen molar-refractivity contribution in [3.8, 4) is 0 Å². The summed E-state index contributed by atoms with van der Waals surface area (Å²) in [5, 5.41) is 7.93. The van der Waals surface area contributed by atoms with E-state index in [1.807, 2.05) is 16.5 Å². The van der Waals surface area contributed by atoms with Crippen LogP contribution in [0.2, 0.25) is 0 Å². The minimum absolute atomic E-state index is 0. The molecule has 126 valence electrons. The van der Waals surface area contributed by atoms with E-state index in [9.17, 15) is 4.79 Å². The number of aromatic nitrogens is 2. The van der Waals surface area contributed by atoms with Crippen LogP contribution in [0.15, 0.2) is 0 Å². The smallest absolute Gasteiger partial charge is 0.227 e. The van der Waals surface area contributed by atoms with Gasteiger partial charge >= 0.3 is 0 Å². The first-order valence-corrected chi connectivity index (χ1v) is 8.00. The zero-order valence-corrected chi connectivity index (χ0v) is 15.0. The second-order valence-electron chi connectivity index (χ2n) is 6.39. The van der Waals surface area contributed by atoms with Crippen LogP contribution in [0, 0.1) is 19.8 Å². The van der Waals surface area contributed by atoms with Crippen LogP contribution >= 0.6 is 12.4 Å². The van der Waals surface area contributed by atoms with Gasteiger partial charge in [0.25, 0.3) is 0 Å². The molecular formula is C16H29ClN4O. The van der Waals surface area contributed by atoms with Crippen LogP contribution in [0.1, 0.15) is 37.2 Å². The monoisotopic (exact) mass is 328 g/mol. The Morgan fingerprint density at radius 3 is 2.68 bits per heavy atom. The number of nitrogens with zero attached hydrogens (tertiary/aromatic N) is 3. The number of carbonyl (C=O) groups excluding carboxylic acids is 1. The van der Waals surface area contributed by atoms with Gasteiger partial charge in [0, 0.05) is 37.4 Å². The third-order valence-corrected chi connectivity index (χ3v) is 4.09. The Hall–Kier alpha value is -1.07. The van der Waals surface area contributed by atoms with Crippen LogP contribution in [0.25, 0.3) is 0 Å². The Bertz CT molecular complexity index is 491. The van der Waals surface area contributed by atoms with Gasteiger partial charge in [0.1, 0.15) is 0 Å². The van der Waals surface area contributed by atoms with E-state index in [0.29, 0.717) is 12.3 Å². The molecule has 1 aliphatic rings. The summed E-state index contributed by atoms with van der Waals surface area (Å²) in [7, 11) is 0. The van der Waals surface area contributed by atoms with Gasteiger partial charge in [-0.2, -0.15) is 5.10 Å². The molecule has 0 aromatic carbocycles. The van der Waals surface area contributed by atoms with Crippen molar-refractivity contribution in [2.45, 2.75) is 47.1 Å². The first-order valence-electron chi connectivity index (χ1n) is 8.00. The fourth-order valence-electron chi connectivity index (χ4n) is 2.87. The van der Waals surface area contributed by atoms with Gasteiger partial charge in [0.05, 0.1) is 12.1 Å². The van der Waals surface area contributed by atoms with Crippen LogP contribution in [-0.4, -0.2) is 46.8 Å². The number of carbonyl (C=O) groups is 1. The van der Waals surface area contributed by atoms with Crippen molar-refractivity contribution in [1.29, 1.82) is 0 Å². The summed E-state index contributed by atoms with van der Waals surface area (Å²) in [5.74, 6) is 0.789. The van der Waals surface area contributed by atoms with Gasteiger partial charge in [-0.3, -0.25) is 9.48 Å². The molecular weight excluding hydrogens is 300 g/mol. The summed E-state index contributed by atoms with van der Waals surface area (Å²) < 4.78 is 2.05. The highest BCUT2D eigenvalue weighted by Crippen LogP contribution is 2.16. The van der Waals surface area contributed by atoms with Gasteiger partial charge < -0.3 is 10.2 Å². The van der Waals surface area contributed by atoms with Crippen LogP contribution in [0.4, 0.5) is 0 Å². The van der Waals surface area contributed by atoms with Crippen LogP contribution < -0.4 is 5.32 Å². The maximum Gasteiger partial charge on any atom is 0.227 e. The molecule has 2 heterocycles. The molecule has 0 atom stereocenters. The highest BCUT2D eigenvalue weighted by Gasteiger charge is 2.20. The van der Waals surface area contributed by atoms with E-state index in [4.69, 9.17) is 0 Å². The summed E-state index contributed by atoms with van der Waals surface area (Å²) in [6.45, 7) is 13.0. The lowest BCUT2D eigenvalue weighted by atomic mass is 10.1. The second-order valence-corrected chi connectivity index (χ2v) is 6.39. The summed E-state index contributed by atoms with van der Waals surface area (Å²) >= 11 is 0. The van der Waals surface area contributed by atoms with E-state index in [1.54, 1.807) is 0 Å². The number of hydrogen-bond acceptors (Lipinski definition) is 3. The van der Waals surface area contributed by atoms with Gasteiger partial charge in [-0.15, -0.1) is 12.4 Å². The van der Waals surface area contributed by atoms with Crippen molar-refractivity contribution in [3.05, 3.63) is 17.0 Å². The minimum Gasteiger partial charge on any atom is -0.341 e. The molecule has 1 aromatic rings. The lowest BCUT2D eigenvalue weighted by Gasteiger charge is -2.20. The van der Waals surface area contributed by atoms with Gasteiger partial charge in [-0.25, -0.2) is 0 Å². The van der Waals surface area contributed by atoms with E-state index in [2.05, 4.69) is 31.2 Å². The molecule has 1 aromatic heterocycles. The summed E-state index contributed by atoms with van der Waals surface area (Å²) in [4.78, 5) is 14.5. The predicted octanol–water partition coefficient (Wildman–Crippen LogP) is 1.94. The Morgan fingerprint density at radius 1 is 1.27 bits per heavy atom. The van der Waals surface area contributed by atoms with Crippen molar-refractivity contribution >= 4 is 18.3 Å². The fraction of sp³-hybridized carbons (Fsp3) is 0.750. The molecule has 0 aliphatic carbocycles. The fourth-order valence-corrected chi connectivity index (χ4v) is 2.87. The van der Waals surface area contributed by atoms with Crippen molar-refractivity contribution < 1.29 is 4.79 Å². The molecule has 6 heteroatoms. The molecule has 1 N–H and O–H groups in total. The molecule has 1 aliphatic heterocycles. The molecule has 22 heavy (non-hydrogen) atoms. The SMILES string of the molecule is Cc1nn(CC(C)C)c(C)c1CC(=O)N1CCCNCC1.Cl. The van der Waals surface area contributed by atoms with Gasteiger partial charge in [-0.1, -0.05) is 13.8 Å². The van der Waals surface area contributed by atoms with Crippen LogP contribution in [0.5, 0.6) is 0 Å². The molecule has 0 bridgehead atoms. The number of hydrogen-bond donors (Lipinski definition) is 1. The molecule has 1 saturated heterocycles. The zero-order chi connectivity index (χ0) is 15.4. The third-order valence-electron chi connectivity index (χ3n) is 4.09. The first kappa shape index (κ1) is 19.0. The molecule has 0 spiro atoms. The molecule has 0 unspecified atom stereocenters. The van der Waals surface area contributed by atoms with E-state index in [-0.39, 0.29) is 18.3 Å². The number of aryl methyl sites for hydroxylation is 1. The average molecular weight is 329 g/mol. The third kappa shape index (κ3) is 4.71. The van der Waals surface area contributed by atoms with E-state index in [1.165, 1.54) is 0 Å². The molecule has 0 radical (unpaired) electrons. The normalized spacial score (nSPS) is 15.6. The first-order chi connectivity index (χ1) is 9.99. The largest absolute Gasteiger partial charge is 0.341 e. The second kappa shape index (κ2) is 8.53. The van der Waals surface area contributed by atoms with Crippen molar-refractivity contribution in [2.75, 3.05) is 26.2 Å². The summed E-state index contributed by atoms with van der Waals surface area (Å²) in [6, 6.07) is 0. The molecule has 2 rings (SSSR count). The number of halogens is 1. The van der Waals surface area contributed by atoms with Gasteiger partial charge in [0.15, 0.2) is 0 Å². The highest BCUT2D eigenvalue weighted by atomic mass is 35.5. The lowest BCUT2D eigenvalue weighted by Crippen LogP contribution is -2.35. The van der Waals surface area contributed by atoms with Crippen molar-refractivity contribution in [3.63, 3.8) is 0 Å². The maximum absolute atomic E-state index is 12.5. The summed E-state index contributed by atoms with van der Waals surface area (Å²) in [6.07, 6.45) is 1.52. The topological polar surface area (TPSA) is 50.2 Å². The van der Waals surface area contributed by atoms with Crippen molar-refractivity contribution in [2.24, 2.45) is 5.92 Å². The number of nitrogens with one attached hydrogen (secondary N) is 1. The quantitative estimate of drug-likeness (QED) is 0.919. The highest BCUT2D eigenvalue weighted by molar-refractivity contribution is 5.85.